The van der Waals surface area contributed by atoms with Gasteiger partial charge in [0.15, 0.2) is 10.8 Å². The average Bonchev–Trinajstić information content (AvgIpc) is 3.39. The quantitative estimate of drug-likeness (QED) is 0.244. The fourth-order valence-electron chi connectivity index (χ4n) is 3.09. The van der Waals surface area contributed by atoms with Crippen molar-refractivity contribution in [2.45, 2.75) is 30.4 Å². The number of thioether (sulfide) groups is 1. The van der Waals surface area contributed by atoms with Crippen LogP contribution in [0.4, 0.5) is 5.13 Å². The Bertz CT molecular complexity index is 937. The third-order valence-electron chi connectivity index (χ3n) is 4.37. The number of thiazole rings is 1. The molecule has 15 heteroatoms. The summed E-state index contributed by atoms with van der Waals surface area (Å²) in [5, 5.41) is 17.2. The highest BCUT2D eigenvalue weighted by molar-refractivity contribution is 8.00. The number of carboxylic acid groups (broad SMARTS) is 1. The van der Waals surface area contributed by atoms with E-state index in [9.17, 15) is 24.3 Å². The van der Waals surface area contributed by atoms with Gasteiger partial charge < -0.3 is 25.7 Å². The molecule has 3 atom stereocenters. The zero-order valence-electron chi connectivity index (χ0n) is 16.4. The molecule has 168 valence electrons. The molecule has 2 fully saturated rings. The number of nitrogens with one attached hydrogen (secondary N) is 1. The number of rotatable bonds is 8. The molecule has 2 amide bonds. The van der Waals surface area contributed by atoms with Crippen molar-refractivity contribution < 1.29 is 38.7 Å². The first-order valence-corrected chi connectivity index (χ1v) is 10.8. The number of hydrogen-bond donors (Lipinski definition) is 3. The number of aromatic nitrogens is 1. The van der Waals surface area contributed by atoms with Gasteiger partial charge in [-0.05, 0) is 5.75 Å². The number of oxime groups is 1. The lowest BCUT2D eigenvalue weighted by atomic mass is 10.1. The molecule has 0 bridgehead atoms. The Morgan fingerprint density at radius 2 is 2.29 bits per heavy atom. The van der Waals surface area contributed by atoms with E-state index in [0.717, 1.165) is 23.1 Å². The number of carboxylic acids is 1. The first-order valence-electron chi connectivity index (χ1n) is 8.91. The molecule has 4 N–H and O–H groups in total. The maximum absolute atomic E-state index is 12.9. The van der Waals surface area contributed by atoms with Gasteiger partial charge in [-0.25, -0.2) is 9.78 Å². The average molecular weight is 473 g/mol. The smallest absolute Gasteiger partial charge is 0.373 e. The monoisotopic (exact) mass is 473 g/mol. The minimum absolute atomic E-state index is 0.135. The van der Waals surface area contributed by atoms with E-state index in [-0.39, 0.29) is 29.6 Å². The number of carbonyl (C=O) groups is 4. The van der Waals surface area contributed by atoms with Gasteiger partial charge in [-0.15, -0.1) is 11.3 Å². The second-order valence-electron chi connectivity index (χ2n) is 6.27. The second-order valence-corrected chi connectivity index (χ2v) is 8.64. The number of nitrogens with zero attached hydrogens (tertiary/aromatic N) is 3. The number of hydroxylamine groups is 2. The molecular formula is C16H19N5O8S2. The van der Waals surface area contributed by atoms with E-state index in [1.54, 1.807) is 6.92 Å². The molecule has 2 aliphatic heterocycles. The van der Waals surface area contributed by atoms with Gasteiger partial charge in [-0.2, -0.15) is 16.8 Å². The Kier molecular flexibility index (Phi) is 6.66. The van der Waals surface area contributed by atoms with Gasteiger partial charge in [-0.3, -0.25) is 19.2 Å². The van der Waals surface area contributed by atoms with Crippen LogP contribution in [0.3, 0.4) is 0 Å². The number of carbonyl (C=O) groups excluding carboxylic acids is 3. The van der Waals surface area contributed by atoms with Crippen molar-refractivity contribution in [1.29, 1.82) is 0 Å². The van der Waals surface area contributed by atoms with Gasteiger partial charge >= 0.3 is 17.7 Å². The Balaban J connectivity index is 1.81. The lowest BCUT2D eigenvalue weighted by Gasteiger charge is -2.34. The van der Waals surface area contributed by atoms with E-state index >= 15 is 0 Å². The normalized spacial score (nSPS) is 26.1. The number of cyclic esters (lactones) is 1. The zero-order valence-corrected chi connectivity index (χ0v) is 18.0. The fraction of sp³-hybridized carbons (Fsp3) is 0.500. The molecule has 0 radical (unpaired) electrons. The lowest BCUT2D eigenvalue weighted by Crippen LogP contribution is -2.61. The van der Waals surface area contributed by atoms with E-state index in [4.69, 9.17) is 15.3 Å². The maximum atomic E-state index is 12.9. The molecule has 2 saturated heterocycles. The summed E-state index contributed by atoms with van der Waals surface area (Å²) in [6.45, 7) is 1.40. The van der Waals surface area contributed by atoms with E-state index < -0.39 is 40.8 Å². The molecular weight excluding hydrogens is 454 g/mol. The first-order chi connectivity index (χ1) is 14.7. The number of hydrogen-bond acceptors (Lipinski definition) is 12. The summed E-state index contributed by atoms with van der Waals surface area (Å²) in [5.74, 6) is -3.55. The van der Waals surface area contributed by atoms with Gasteiger partial charge in [0.05, 0.1) is 11.7 Å². The summed E-state index contributed by atoms with van der Waals surface area (Å²) in [4.78, 5) is 63.5. The van der Waals surface area contributed by atoms with Gasteiger partial charge in [0, 0.05) is 5.38 Å². The fourth-order valence-corrected chi connectivity index (χ4v) is 4.77. The van der Waals surface area contributed by atoms with Gasteiger partial charge in [0.1, 0.15) is 25.5 Å². The topological polar surface area (TPSA) is 183 Å². The number of amides is 2. The summed E-state index contributed by atoms with van der Waals surface area (Å²) in [6, 6.07) is -1.26. The number of aliphatic carboxylic acids is 1. The van der Waals surface area contributed by atoms with Crippen LogP contribution in [0, 0.1) is 0 Å². The highest BCUT2D eigenvalue weighted by Gasteiger charge is 2.65. The molecule has 31 heavy (non-hydrogen) atoms. The Labute approximate surface area is 183 Å². The summed E-state index contributed by atoms with van der Waals surface area (Å²) in [7, 11) is 1.23. The van der Waals surface area contributed by atoms with Crippen LogP contribution in [0.25, 0.3) is 0 Å². The Morgan fingerprint density at radius 1 is 1.55 bits per heavy atom. The number of nitrogens with two attached hydrogens (primary N) is 1. The lowest BCUT2D eigenvalue weighted by molar-refractivity contribution is -0.255. The number of anilines is 1. The molecule has 3 rings (SSSR count). The Hall–Kier alpha value is -2.91. The van der Waals surface area contributed by atoms with Crippen LogP contribution >= 0.6 is 23.1 Å². The van der Waals surface area contributed by atoms with Crippen LogP contribution in [0.2, 0.25) is 0 Å². The minimum atomic E-state index is -2.33. The van der Waals surface area contributed by atoms with Gasteiger partial charge in [0.25, 0.3) is 11.8 Å². The predicted octanol–water partition coefficient (Wildman–Crippen LogP) is -0.816. The minimum Gasteiger partial charge on any atom is -0.477 e. The molecule has 3 heterocycles. The van der Waals surface area contributed by atoms with Gasteiger partial charge in [-0.1, -0.05) is 12.1 Å². The SMILES string of the molecule is CCSC1CC(=O)OC1(C(=O)O)N1OC[C@H](NC(=O)C(=NOC)c2csc(N)n2)C1=O. The second kappa shape index (κ2) is 9.07. The largest absolute Gasteiger partial charge is 0.477 e. The van der Waals surface area contributed by atoms with Crippen LogP contribution < -0.4 is 11.1 Å². The van der Waals surface area contributed by atoms with E-state index in [1.807, 2.05) is 0 Å². The Morgan fingerprint density at radius 3 is 2.87 bits per heavy atom. The van der Waals surface area contributed by atoms with Crippen LogP contribution in [0.1, 0.15) is 19.0 Å². The molecule has 2 aliphatic rings. The van der Waals surface area contributed by atoms with Crippen LogP contribution in [0.15, 0.2) is 10.5 Å². The van der Waals surface area contributed by atoms with Crippen molar-refractivity contribution in [3.8, 4) is 0 Å². The number of ether oxygens (including phenoxy) is 1. The van der Waals surface area contributed by atoms with E-state index in [2.05, 4.69) is 20.3 Å². The van der Waals surface area contributed by atoms with E-state index in [1.165, 1.54) is 12.5 Å². The summed E-state index contributed by atoms with van der Waals surface area (Å²) < 4.78 is 5.08. The van der Waals surface area contributed by atoms with Crippen LogP contribution in [-0.4, -0.2) is 81.1 Å². The molecule has 1 aromatic rings. The zero-order chi connectivity index (χ0) is 22.8. The third kappa shape index (κ3) is 4.15. The summed E-state index contributed by atoms with van der Waals surface area (Å²) in [6.07, 6.45) is -0.204. The number of nitrogen functional groups attached to an aromatic ring is 1. The van der Waals surface area contributed by atoms with Crippen molar-refractivity contribution >= 4 is 57.7 Å². The molecule has 0 spiro atoms. The van der Waals surface area contributed by atoms with Crippen LogP contribution in [-0.2, 0) is 33.6 Å². The predicted molar refractivity (Wildman–Crippen MR) is 108 cm³/mol. The van der Waals surface area contributed by atoms with E-state index in [0.29, 0.717) is 10.8 Å². The highest BCUT2D eigenvalue weighted by atomic mass is 32.2. The van der Waals surface area contributed by atoms with Crippen molar-refractivity contribution in [2.24, 2.45) is 5.16 Å². The standard InChI is InChI=1S/C16H19N5O8S2/c1-3-30-9-4-10(22)29-16(9,14(25)26)21-13(24)7(5-28-21)18-12(23)11(20-27-2)8-6-31-15(17)19-8/h6-7,9H,3-5H2,1-2H3,(H2,17,19)(H,18,23)(H,25,26)/t7-,9?,16?/m0/s1. The van der Waals surface area contributed by atoms with Crippen molar-refractivity contribution in [1.82, 2.24) is 15.4 Å². The maximum Gasteiger partial charge on any atom is 0.373 e. The third-order valence-corrected chi connectivity index (χ3v) is 6.27. The molecule has 13 nitrogen and oxygen atoms in total. The molecule has 1 aromatic heterocycles. The molecule has 0 saturated carbocycles. The van der Waals surface area contributed by atoms with Crippen LogP contribution in [0.5, 0.6) is 0 Å². The molecule has 2 unspecified atom stereocenters. The first kappa shape index (κ1) is 22.8. The molecule has 0 aliphatic carbocycles. The summed E-state index contributed by atoms with van der Waals surface area (Å²) >= 11 is 2.23. The molecule has 0 aromatic carbocycles. The van der Waals surface area contributed by atoms with Crippen molar-refractivity contribution in [2.75, 3.05) is 25.2 Å². The summed E-state index contributed by atoms with van der Waals surface area (Å²) in [5.41, 5.74) is 3.15. The van der Waals surface area contributed by atoms with Crippen molar-refractivity contribution in [3.05, 3.63) is 11.1 Å². The van der Waals surface area contributed by atoms with Gasteiger partial charge in [0.2, 0.25) is 0 Å². The van der Waals surface area contributed by atoms with Crippen molar-refractivity contribution in [3.63, 3.8) is 0 Å². The number of esters is 1. The highest BCUT2D eigenvalue weighted by Crippen LogP contribution is 2.41.